The van der Waals surface area contributed by atoms with E-state index in [0.29, 0.717) is 22.1 Å². The predicted octanol–water partition coefficient (Wildman–Crippen LogP) is 7.47. The molecule has 5 aromatic heterocycles. The summed E-state index contributed by atoms with van der Waals surface area (Å²) in [7, 11) is -2.60. The fraction of sp³-hybridized carbons (Fsp3) is 0.308. The number of ether oxygens (including phenoxy) is 1. The van der Waals surface area contributed by atoms with Crippen LogP contribution >= 0.6 is 22.9 Å². The summed E-state index contributed by atoms with van der Waals surface area (Å²) in [6.07, 6.45) is -7.79. The molecule has 0 radical (unpaired) electrons. The molecule has 1 saturated carbocycles. The number of pyridine rings is 1. The molecule has 0 spiro atoms. The van der Waals surface area contributed by atoms with Crippen LogP contribution in [-0.4, -0.2) is 59.7 Å². The number of carbonyl (C=O) groups is 1. The zero-order chi connectivity index (χ0) is 47.4. The maximum absolute atomic E-state index is 15.5. The number of alkyl halides is 7. The maximum atomic E-state index is 15.5. The maximum Gasteiger partial charge on any atom is 0.434 e. The lowest BCUT2D eigenvalue weighted by molar-refractivity contribution is -0.140. The highest BCUT2D eigenvalue weighted by atomic mass is 35.5. The zero-order valence-corrected chi connectivity index (χ0v) is 35.9. The number of hydrogen-bond acceptors (Lipinski definition) is 11. The van der Waals surface area contributed by atoms with Crippen LogP contribution in [0, 0.1) is 17.6 Å². The van der Waals surface area contributed by atoms with Gasteiger partial charge in [0.1, 0.15) is 47.0 Å². The first-order valence-corrected chi connectivity index (χ1v) is 22.4. The number of carbonyl (C=O) groups excluding carboxylic acids is 1. The average molecular weight is 987 g/mol. The smallest absolute Gasteiger partial charge is 0.434 e. The van der Waals surface area contributed by atoms with Crippen molar-refractivity contribution in [1.82, 2.24) is 44.4 Å². The fourth-order valence-electron chi connectivity index (χ4n) is 8.17. The highest BCUT2D eigenvalue weighted by molar-refractivity contribution is 7.92. The van der Waals surface area contributed by atoms with Crippen molar-refractivity contribution in [3.05, 3.63) is 114 Å². The van der Waals surface area contributed by atoms with Crippen LogP contribution in [0.3, 0.4) is 0 Å². The lowest BCUT2D eigenvalue weighted by atomic mass is 10.0. The van der Waals surface area contributed by atoms with E-state index >= 15 is 8.78 Å². The number of anilines is 1. The van der Waals surface area contributed by atoms with Gasteiger partial charge in [-0.1, -0.05) is 11.6 Å². The van der Waals surface area contributed by atoms with Gasteiger partial charge < -0.3 is 10.1 Å². The third kappa shape index (κ3) is 8.17. The number of sulfonamides is 1. The van der Waals surface area contributed by atoms with Crippen LogP contribution in [0.5, 0.6) is 5.88 Å². The molecular formula is C39H28ClF9N10O5S2. The number of hydrogen-bond donors (Lipinski definition) is 2. The van der Waals surface area contributed by atoms with Crippen molar-refractivity contribution in [3.8, 4) is 11.6 Å². The van der Waals surface area contributed by atoms with Crippen molar-refractivity contribution in [3.63, 3.8) is 0 Å². The van der Waals surface area contributed by atoms with E-state index < -0.39 is 118 Å². The van der Waals surface area contributed by atoms with Gasteiger partial charge in [-0.25, -0.2) is 35.9 Å². The van der Waals surface area contributed by atoms with Crippen LogP contribution in [0.25, 0.3) is 27.6 Å². The Balaban J connectivity index is 1.21. The molecule has 3 atom stereocenters. The Morgan fingerprint density at radius 2 is 1.79 bits per heavy atom. The molecule has 2 aromatic carbocycles. The van der Waals surface area contributed by atoms with E-state index in [1.54, 1.807) is 0 Å². The summed E-state index contributed by atoms with van der Waals surface area (Å²) in [4.78, 5) is 41.4. The second-order valence-electron chi connectivity index (χ2n) is 15.5. The van der Waals surface area contributed by atoms with E-state index in [4.69, 9.17) is 16.3 Å². The number of aromatic nitrogens is 8. The summed E-state index contributed by atoms with van der Waals surface area (Å²) >= 11 is 7.23. The molecule has 2 N–H and O–H groups in total. The first kappa shape index (κ1) is 44.9. The fourth-order valence-corrected chi connectivity index (χ4v) is 9.61. The Morgan fingerprint density at radius 1 is 1.06 bits per heavy atom. The Morgan fingerprint density at radius 3 is 2.45 bits per heavy atom. The van der Waals surface area contributed by atoms with E-state index in [1.165, 1.54) is 36.0 Å². The SMILES string of the molecule is Cn1nc(NS(C)(=O)=O)c2c(Cl)ccc(-n3c([C@H](Cc4cc(F)cc(F)c4)NC(=O)Cn4nc(C(F)F)c5c4C(F)(F)[C@@H]4C[C@H]54)nc4nc(OCc5nc(C(F)(F)F)cs5)ccc4c3=O)c21. The molecule has 0 saturated heterocycles. The van der Waals surface area contributed by atoms with E-state index in [-0.39, 0.29) is 61.3 Å². The number of nitrogens with zero attached hydrogens (tertiary/aromatic N) is 8. The van der Waals surface area contributed by atoms with Crippen LogP contribution in [0.4, 0.5) is 45.3 Å². The average Bonchev–Trinajstić information content (AvgIpc) is 3.42. The van der Waals surface area contributed by atoms with Crippen molar-refractivity contribution in [2.45, 2.75) is 56.5 Å². The predicted molar refractivity (Wildman–Crippen MR) is 217 cm³/mol. The van der Waals surface area contributed by atoms with E-state index in [1.807, 2.05) is 0 Å². The Labute approximate surface area is 373 Å². The lowest BCUT2D eigenvalue weighted by Crippen LogP contribution is -2.38. The van der Waals surface area contributed by atoms with E-state index in [2.05, 4.69) is 35.2 Å². The lowest BCUT2D eigenvalue weighted by Gasteiger charge is -2.24. The van der Waals surface area contributed by atoms with Crippen molar-refractivity contribution < 1.29 is 57.5 Å². The molecule has 7 aromatic rings. The number of aryl methyl sites for hydroxylation is 1. The second kappa shape index (κ2) is 16.0. The number of thiazole rings is 1. The molecule has 27 heteroatoms. The summed E-state index contributed by atoms with van der Waals surface area (Å²) < 4.78 is 164. The quantitative estimate of drug-likeness (QED) is 0.110. The molecule has 1 amide bonds. The van der Waals surface area contributed by atoms with Gasteiger partial charge in [0.15, 0.2) is 17.2 Å². The number of rotatable bonds is 13. The van der Waals surface area contributed by atoms with Crippen molar-refractivity contribution in [1.29, 1.82) is 0 Å². The molecule has 346 valence electrons. The van der Waals surface area contributed by atoms with Gasteiger partial charge in [0, 0.05) is 42.5 Å². The first-order chi connectivity index (χ1) is 31.0. The summed E-state index contributed by atoms with van der Waals surface area (Å²) in [6, 6.07) is 5.68. The molecule has 9 rings (SSSR count). The molecule has 0 unspecified atom stereocenters. The Hall–Kier alpha value is -6.28. The molecule has 2 aliphatic carbocycles. The molecule has 15 nitrogen and oxygen atoms in total. The highest BCUT2D eigenvalue weighted by Gasteiger charge is 2.67. The van der Waals surface area contributed by atoms with Crippen molar-refractivity contribution >= 4 is 66.6 Å². The van der Waals surface area contributed by atoms with Crippen LogP contribution in [0.1, 0.15) is 63.8 Å². The van der Waals surface area contributed by atoms with Gasteiger partial charge in [0.05, 0.1) is 39.3 Å². The first-order valence-electron chi connectivity index (χ1n) is 19.2. The van der Waals surface area contributed by atoms with Gasteiger partial charge in [-0.3, -0.25) is 28.2 Å². The summed E-state index contributed by atoms with van der Waals surface area (Å²) in [5.41, 5.74) is -4.87. The molecule has 0 aliphatic heterocycles. The monoisotopic (exact) mass is 986 g/mol. The number of amides is 1. The molecule has 1 fully saturated rings. The Kier molecular flexibility index (Phi) is 10.9. The minimum Gasteiger partial charge on any atom is -0.470 e. The number of nitrogens with one attached hydrogen (secondary N) is 2. The summed E-state index contributed by atoms with van der Waals surface area (Å²) in [6.45, 7) is -1.59. The van der Waals surface area contributed by atoms with Crippen LogP contribution in [0.15, 0.2) is 52.6 Å². The van der Waals surface area contributed by atoms with Crippen LogP contribution in [-0.2, 0) is 53.5 Å². The molecule has 5 heterocycles. The molecule has 2 aliphatic rings. The number of fused-ring (bicyclic) bond motifs is 5. The van der Waals surface area contributed by atoms with Crippen molar-refractivity contribution in [2.24, 2.45) is 13.0 Å². The molecular weight excluding hydrogens is 959 g/mol. The molecule has 66 heavy (non-hydrogen) atoms. The zero-order valence-electron chi connectivity index (χ0n) is 33.5. The van der Waals surface area contributed by atoms with E-state index in [0.717, 1.165) is 28.3 Å². The highest BCUT2D eigenvalue weighted by Crippen LogP contribution is 2.68. The second-order valence-corrected chi connectivity index (χ2v) is 18.6. The van der Waals surface area contributed by atoms with Crippen molar-refractivity contribution in [2.75, 3.05) is 11.0 Å². The standard InChI is InChI=1S/C39H28ClF9N10O5S2/c1-57-31-23(5-4-21(40)29(31)35(55-57)56-66(2,62)63)59-36(53-34-18(37(59)61)3-6-26(52-34)64-13-27-51-24(14-65-27)39(47,48)49)22(9-15-7-16(41)10-17(42)8-15)50-25(60)12-58-32-28(30(54-58)33(43)44)19-11-20(19)38(32,45)46/h3-8,10,14,19-20,22,33H,9,11-13H2,1-2H3,(H,50,60)(H,55,56)/t19-,20+,22-/m0/s1. The molecule has 0 bridgehead atoms. The topological polar surface area (TPSA) is 181 Å². The summed E-state index contributed by atoms with van der Waals surface area (Å²) in [5, 5.41) is 10.8. The summed E-state index contributed by atoms with van der Waals surface area (Å²) in [5.74, 6) is -10.0. The Bertz CT molecular complexity index is 3300. The van der Waals surface area contributed by atoms with Crippen LogP contribution in [0.2, 0.25) is 5.02 Å². The van der Waals surface area contributed by atoms with Gasteiger partial charge in [0.2, 0.25) is 21.8 Å². The van der Waals surface area contributed by atoms with Gasteiger partial charge in [-0.2, -0.15) is 37.1 Å². The van der Waals surface area contributed by atoms with Gasteiger partial charge in [0.25, 0.3) is 17.9 Å². The van der Waals surface area contributed by atoms with Gasteiger partial charge in [-0.05, 0) is 48.2 Å². The minimum atomic E-state index is -4.73. The van der Waals surface area contributed by atoms with Crippen LogP contribution < -0.4 is 20.3 Å². The minimum absolute atomic E-state index is 0.00189. The largest absolute Gasteiger partial charge is 0.470 e. The normalized spacial score (nSPS) is 17.0. The van der Waals surface area contributed by atoms with E-state index in [9.17, 15) is 48.7 Å². The van der Waals surface area contributed by atoms with Gasteiger partial charge >= 0.3 is 6.18 Å². The number of benzene rings is 2. The van der Waals surface area contributed by atoms with Gasteiger partial charge in [-0.15, -0.1) is 11.3 Å². The number of halogens is 10. The third-order valence-electron chi connectivity index (χ3n) is 10.8. The third-order valence-corrected chi connectivity index (χ3v) is 12.5.